The smallest absolute Gasteiger partial charge is 0.259 e. The fourth-order valence-corrected chi connectivity index (χ4v) is 4.06. The number of halogens is 1. The molecule has 1 aliphatic heterocycles. The van der Waals surface area contributed by atoms with Crippen molar-refractivity contribution in [1.82, 2.24) is 14.9 Å². The maximum atomic E-state index is 14.1. The number of benzene rings is 2. The third-order valence-corrected chi connectivity index (χ3v) is 5.65. The summed E-state index contributed by atoms with van der Waals surface area (Å²) in [6, 6.07) is 15.1. The van der Waals surface area contributed by atoms with Crippen molar-refractivity contribution in [1.29, 1.82) is 0 Å². The molecule has 164 valence electrons. The van der Waals surface area contributed by atoms with Gasteiger partial charge in [-0.15, -0.1) is 0 Å². The minimum absolute atomic E-state index is 0.0290. The molecule has 3 aromatic rings. The molecule has 0 unspecified atom stereocenters. The quantitative estimate of drug-likeness (QED) is 0.645. The molecule has 1 saturated heterocycles. The van der Waals surface area contributed by atoms with Gasteiger partial charge in [-0.05, 0) is 49.9 Å². The average Bonchev–Trinajstić information content (AvgIpc) is 2.81. The predicted molar refractivity (Wildman–Crippen MR) is 120 cm³/mol. The van der Waals surface area contributed by atoms with E-state index < -0.39 is 5.82 Å². The molecule has 2 amide bonds. The highest BCUT2D eigenvalue weighted by Gasteiger charge is 2.32. The molecule has 2 aromatic carbocycles. The van der Waals surface area contributed by atoms with Gasteiger partial charge in [0.2, 0.25) is 5.91 Å². The first kappa shape index (κ1) is 21.6. The summed E-state index contributed by atoms with van der Waals surface area (Å²) in [5, 5.41) is 2.88. The first-order valence-electron chi connectivity index (χ1n) is 10.8. The summed E-state index contributed by atoms with van der Waals surface area (Å²) in [4.78, 5) is 36.8. The summed E-state index contributed by atoms with van der Waals surface area (Å²) < 4.78 is 14.1. The van der Waals surface area contributed by atoms with Gasteiger partial charge >= 0.3 is 0 Å². The molecule has 0 spiro atoms. The molecule has 1 atom stereocenters. The van der Waals surface area contributed by atoms with E-state index in [1.54, 1.807) is 42.2 Å². The Morgan fingerprint density at radius 3 is 2.62 bits per heavy atom. The van der Waals surface area contributed by atoms with Gasteiger partial charge in [0.25, 0.3) is 5.91 Å². The van der Waals surface area contributed by atoms with Gasteiger partial charge < -0.3 is 10.2 Å². The Labute approximate surface area is 186 Å². The van der Waals surface area contributed by atoms with Gasteiger partial charge in [-0.2, -0.15) is 0 Å². The Morgan fingerprint density at radius 1 is 1.09 bits per heavy atom. The normalized spacial score (nSPS) is 15.9. The van der Waals surface area contributed by atoms with Crippen LogP contribution in [0.2, 0.25) is 0 Å². The topological polar surface area (TPSA) is 75.2 Å². The van der Waals surface area contributed by atoms with E-state index in [-0.39, 0.29) is 24.3 Å². The summed E-state index contributed by atoms with van der Waals surface area (Å²) in [5.41, 5.74) is 1.91. The van der Waals surface area contributed by atoms with Gasteiger partial charge in [-0.25, -0.2) is 14.4 Å². The lowest BCUT2D eigenvalue weighted by molar-refractivity contribution is -0.134. The van der Waals surface area contributed by atoms with Crippen molar-refractivity contribution in [3.05, 3.63) is 89.3 Å². The van der Waals surface area contributed by atoms with Crippen LogP contribution in [0.4, 0.5) is 10.1 Å². The van der Waals surface area contributed by atoms with E-state index in [1.807, 2.05) is 18.2 Å². The molecule has 4 rings (SSSR count). The number of piperidine rings is 1. The lowest BCUT2D eigenvalue weighted by atomic mass is 9.95. The molecule has 0 aliphatic carbocycles. The maximum absolute atomic E-state index is 14.1. The number of rotatable bonds is 5. The minimum atomic E-state index is -0.393. The monoisotopic (exact) mass is 432 g/mol. The second kappa shape index (κ2) is 9.68. The van der Waals surface area contributed by atoms with Crippen molar-refractivity contribution in [2.45, 2.75) is 38.6 Å². The molecule has 1 aliphatic rings. The fraction of sp³-hybridized carbons (Fsp3) is 0.280. The first-order chi connectivity index (χ1) is 15.5. The van der Waals surface area contributed by atoms with Gasteiger partial charge in [0.15, 0.2) is 0 Å². The lowest BCUT2D eigenvalue weighted by Gasteiger charge is -2.36. The molecule has 2 heterocycles. The number of para-hydroxylation sites is 1. The van der Waals surface area contributed by atoms with E-state index >= 15 is 0 Å². The third-order valence-electron chi connectivity index (χ3n) is 5.65. The SMILES string of the molecule is Cc1ncc(C(=O)Nc2ccccc2)c([C@H]2CCCCN2C(=O)Cc2ccccc2F)n1. The summed E-state index contributed by atoms with van der Waals surface area (Å²) in [7, 11) is 0. The zero-order valence-electron chi connectivity index (χ0n) is 17.9. The number of anilines is 1. The van der Waals surface area contributed by atoms with Crippen LogP contribution in [0.5, 0.6) is 0 Å². The molecular formula is C25H25FN4O2. The number of nitrogens with zero attached hydrogens (tertiary/aromatic N) is 3. The van der Waals surface area contributed by atoms with Gasteiger partial charge in [0.05, 0.1) is 23.7 Å². The molecule has 7 heteroatoms. The summed E-state index contributed by atoms with van der Waals surface area (Å²) in [6.45, 7) is 2.30. The average molecular weight is 432 g/mol. The molecule has 0 bridgehead atoms. The van der Waals surface area contributed by atoms with Crippen molar-refractivity contribution < 1.29 is 14.0 Å². The summed E-state index contributed by atoms with van der Waals surface area (Å²) in [6.07, 6.45) is 3.94. The highest BCUT2D eigenvalue weighted by atomic mass is 19.1. The van der Waals surface area contributed by atoms with Crippen molar-refractivity contribution >= 4 is 17.5 Å². The summed E-state index contributed by atoms with van der Waals surface area (Å²) >= 11 is 0. The van der Waals surface area contributed by atoms with Crippen LogP contribution in [0.1, 0.15) is 52.7 Å². The van der Waals surface area contributed by atoms with Crippen LogP contribution in [0.15, 0.2) is 60.8 Å². The van der Waals surface area contributed by atoms with Crippen molar-refractivity contribution in [2.24, 2.45) is 0 Å². The molecule has 1 aromatic heterocycles. The molecule has 0 saturated carbocycles. The third kappa shape index (κ3) is 4.82. The van der Waals surface area contributed by atoms with Gasteiger partial charge in [0.1, 0.15) is 11.6 Å². The number of carbonyl (C=O) groups is 2. The number of likely N-dealkylation sites (tertiary alicyclic amines) is 1. The Kier molecular flexibility index (Phi) is 6.54. The Bertz CT molecular complexity index is 1120. The maximum Gasteiger partial charge on any atom is 0.259 e. The lowest BCUT2D eigenvalue weighted by Crippen LogP contribution is -2.40. The van der Waals surface area contributed by atoms with Crippen LogP contribution in [-0.2, 0) is 11.2 Å². The zero-order chi connectivity index (χ0) is 22.5. The number of aryl methyl sites for hydroxylation is 1. The van der Waals surface area contributed by atoms with Crippen molar-refractivity contribution in [3.63, 3.8) is 0 Å². The van der Waals surface area contributed by atoms with Crippen LogP contribution in [0, 0.1) is 12.7 Å². The molecular weight excluding hydrogens is 407 g/mol. The highest BCUT2D eigenvalue weighted by molar-refractivity contribution is 6.05. The van der Waals surface area contributed by atoms with Crippen LogP contribution >= 0.6 is 0 Å². The fourth-order valence-electron chi connectivity index (χ4n) is 4.06. The van der Waals surface area contributed by atoms with E-state index in [0.717, 1.165) is 12.8 Å². The second-order valence-corrected chi connectivity index (χ2v) is 7.90. The molecule has 6 nitrogen and oxygen atoms in total. The Morgan fingerprint density at radius 2 is 1.84 bits per heavy atom. The first-order valence-corrected chi connectivity index (χ1v) is 10.8. The molecule has 0 radical (unpaired) electrons. The van der Waals surface area contributed by atoms with Gasteiger partial charge in [-0.1, -0.05) is 36.4 Å². The predicted octanol–water partition coefficient (Wildman–Crippen LogP) is 4.47. The standard InChI is InChI=1S/C25H25FN4O2/c1-17-27-16-20(25(32)29-19-10-3-2-4-11-19)24(28-17)22-13-7-8-14-30(22)23(31)15-18-9-5-6-12-21(18)26/h2-6,9-12,16,22H,7-8,13-15H2,1H3,(H,29,32)/t22-/m1/s1. The summed E-state index contributed by atoms with van der Waals surface area (Å²) in [5.74, 6) is -0.359. The number of nitrogens with one attached hydrogen (secondary N) is 1. The van der Waals surface area contributed by atoms with Gasteiger partial charge in [0, 0.05) is 18.4 Å². The van der Waals surface area contributed by atoms with Crippen LogP contribution in [0.25, 0.3) is 0 Å². The number of aromatic nitrogens is 2. The molecule has 32 heavy (non-hydrogen) atoms. The largest absolute Gasteiger partial charge is 0.334 e. The van der Waals surface area contributed by atoms with Crippen LogP contribution in [-0.4, -0.2) is 33.2 Å². The van der Waals surface area contributed by atoms with Crippen LogP contribution < -0.4 is 5.32 Å². The zero-order valence-corrected chi connectivity index (χ0v) is 17.9. The number of hydrogen-bond acceptors (Lipinski definition) is 4. The highest BCUT2D eigenvalue weighted by Crippen LogP contribution is 2.32. The minimum Gasteiger partial charge on any atom is -0.334 e. The van der Waals surface area contributed by atoms with E-state index in [4.69, 9.17) is 0 Å². The van der Waals surface area contributed by atoms with Crippen molar-refractivity contribution in [2.75, 3.05) is 11.9 Å². The molecule has 1 N–H and O–H groups in total. The Hall–Kier alpha value is -3.61. The second-order valence-electron chi connectivity index (χ2n) is 7.90. The van der Waals surface area contributed by atoms with Gasteiger partial charge in [-0.3, -0.25) is 9.59 Å². The van der Waals surface area contributed by atoms with E-state index in [2.05, 4.69) is 15.3 Å². The van der Waals surface area contributed by atoms with E-state index in [9.17, 15) is 14.0 Å². The van der Waals surface area contributed by atoms with Crippen molar-refractivity contribution in [3.8, 4) is 0 Å². The number of carbonyl (C=O) groups excluding carboxylic acids is 2. The number of hydrogen-bond donors (Lipinski definition) is 1. The van der Waals surface area contributed by atoms with E-state index in [0.29, 0.717) is 41.3 Å². The van der Waals surface area contributed by atoms with Crippen LogP contribution in [0.3, 0.4) is 0 Å². The molecule has 1 fully saturated rings. The Balaban J connectivity index is 1.63. The van der Waals surface area contributed by atoms with E-state index in [1.165, 1.54) is 12.3 Å². The number of amides is 2.